The lowest BCUT2D eigenvalue weighted by atomic mass is 9.99. The van der Waals surface area contributed by atoms with Crippen LogP contribution in [-0.2, 0) is 4.79 Å². The number of anilines is 2. The second-order valence-corrected chi connectivity index (χ2v) is 13.5. The molecular formula is C19H29N5O3P+. The molecule has 152 valence electrons. The number of aliphatic hydroxyl groups excluding tert-OH is 1. The summed E-state index contributed by atoms with van der Waals surface area (Å²) in [5.41, 5.74) is 2.79. The molecule has 28 heavy (non-hydrogen) atoms. The van der Waals surface area contributed by atoms with Crippen molar-refractivity contribution in [3.63, 3.8) is 0 Å². The van der Waals surface area contributed by atoms with Gasteiger partial charge in [-0.15, -0.1) is 4.91 Å². The van der Waals surface area contributed by atoms with E-state index in [9.17, 15) is 9.70 Å². The van der Waals surface area contributed by atoms with Crippen molar-refractivity contribution >= 4 is 30.2 Å². The van der Waals surface area contributed by atoms with Gasteiger partial charge in [0.05, 0.1) is 36.7 Å². The molecular weight excluding hydrogens is 377 g/mol. The van der Waals surface area contributed by atoms with Crippen molar-refractivity contribution in [3.05, 3.63) is 28.8 Å². The van der Waals surface area contributed by atoms with Gasteiger partial charge in [-0.25, -0.2) is 9.99 Å². The Bertz CT molecular complexity index is 792. The number of fused-ring (bicyclic) bond motifs is 1. The summed E-state index contributed by atoms with van der Waals surface area (Å²) < 4.78 is 0. The first-order valence-corrected chi connectivity index (χ1v) is 12.8. The molecule has 1 amide bonds. The fourth-order valence-corrected chi connectivity index (χ4v) is 4.42. The smallest absolute Gasteiger partial charge is 0.248 e. The lowest BCUT2D eigenvalue weighted by Crippen LogP contribution is -2.31. The average molecular weight is 406 g/mol. The maximum absolute atomic E-state index is 11.7. The summed E-state index contributed by atoms with van der Waals surface area (Å²) in [6.07, 6.45) is 3.88. The number of carbonyl (C=O) groups excluding carboxylic acids is 1. The summed E-state index contributed by atoms with van der Waals surface area (Å²) in [5, 5.41) is 16.7. The highest BCUT2D eigenvalue weighted by atomic mass is 31.2. The van der Waals surface area contributed by atoms with E-state index in [2.05, 4.69) is 36.7 Å². The van der Waals surface area contributed by atoms with Crippen molar-refractivity contribution in [1.29, 1.82) is 0 Å². The molecule has 2 aliphatic rings. The zero-order chi connectivity index (χ0) is 20.5. The van der Waals surface area contributed by atoms with E-state index in [1.54, 1.807) is 11.9 Å². The standard InChI is InChI=1S/C19H29N5O3P/c1-23(22-27)19-17(20-12-28(2,3)4)6-5-16(21-19)13-7-14-9-24(18(26)11-25)10-15(14)8-13/h5-7,14-15,20,25H,8-12H2,1-4H3/q+1. The highest BCUT2D eigenvalue weighted by Crippen LogP contribution is 2.46. The molecule has 0 bridgehead atoms. The first-order chi connectivity index (χ1) is 13.2. The molecule has 0 radical (unpaired) electrons. The van der Waals surface area contributed by atoms with E-state index in [1.165, 1.54) is 5.01 Å². The van der Waals surface area contributed by atoms with Gasteiger partial charge < -0.3 is 15.3 Å². The Morgan fingerprint density at radius 2 is 2.14 bits per heavy atom. The number of aliphatic hydroxyl groups is 1. The van der Waals surface area contributed by atoms with Crippen molar-refractivity contribution in [2.75, 3.05) is 63.4 Å². The monoisotopic (exact) mass is 406 g/mol. The summed E-state index contributed by atoms with van der Waals surface area (Å²) >= 11 is 0. The Labute approximate surface area is 166 Å². The summed E-state index contributed by atoms with van der Waals surface area (Å²) in [6.45, 7) is 7.62. The SMILES string of the molecule is CN(N=O)c1nc(C2=CC3CN(C(=O)CO)CC3C2)ccc1NC[P+](C)(C)C. The van der Waals surface area contributed by atoms with Crippen LogP contribution in [-0.4, -0.2) is 73.9 Å². The Morgan fingerprint density at radius 3 is 2.75 bits per heavy atom. The predicted octanol–water partition coefficient (Wildman–Crippen LogP) is 2.33. The normalized spacial score (nSPS) is 21.3. The molecule has 0 aromatic carbocycles. The van der Waals surface area contributed by atoms with Gasteiger partial charge in [0, 0.05) is 27.4 Å². The molecule has 1 aromatic heterocycles. The number of nitrogens with one attached hydrogen (secondary N) is 1. The lowest BCUT2D eigenvalue weighted by molar-refractivity contribution is -0.133. The quantitative estimate of drug-likeness (QED) is 0.410. The minimum Gasteiger partial charge on any atom is -0.387 e. The minimum absolute atomic E-state index is 0.208. The van der Waals surface area contributed by atoms with E-state index in [0.29, 0.717) is 30.7 Å². The first-order valence-electron chi connectivity index (χ1n) is 9.44. The number of nitroso groups, excluding NO2 is 1. The molecule has 9 heteroatoms. The van der Waals surface area contributed by atoms with E-state index in [-0.39, 0.29) is 5.91 Å². The molecule has 1 aromatic rings. The third kappa shape index (κ3) is 4.50. The van der Waals surface area contributed by atoms with Crippen LogP contribution in [0.15, 0.2) is 23.5 Å². The maximum Gasteiger partial charge on any atom is 0.248 e. The number of hydrogen-bond acceptors (Lipinski definition) is 6. The molecule has 1 fully saturated rings. The van der Waals surface area contributed by atoms with Crippen LogP contribution in [0.3, 0.4) is 0 Å². The Hall–Kier alpha value is -2.05. The highest BCUT2D eigenvalue weighted by molar-refractivity contribution is 7.73. The Morgan fingerprint density at radius 1 is 1.39 bits per heavy atom. The molecule has 1 aliphatic heterocycles. The molecule has 2 heterocycles. The number of amides is 1. The molecule has 2 atom stereocenters. The van der Waals surface area contributed by atoms with Gasteiger partial charge in [-0.3, -0.25) is 4.79 Å². The van der Waals surface area contributed by atoms with E-state index in [0.717, 1.165) is 29.7 Å². The van der Waals surface area contributed by atoms with E-state index in [1.807, 2.05) is 12.1 Å². The maximum atomic E-state index is 11.7. The number of carbonyl (C=O) groups is 1. The number of allylic oxidation sites excluding steroid dienone is 1. The molecule has 1 saturated heterocycles. The third-order valence-corrected chi connectivity index (χ3v) is 6.36. The number of pyridine rings is 1. The van der Waals surface area contributed by atoms with Gasteiger partial charge in [0.2, 0.25) is 5.91 Å². The van der Waals surface area contributed by atoms with Gasteiger partial charge in [0.1, 0.15) is 12.9 Å². The van der Waals surface area contributed by atoms with Crippen LogP contribution in [0.5, 0.6) is 0 Å². The average Bonchev–Trinajstić information content (AvgIpc) is 3.23. The van der Waals surface area contributed by atoms with Gasteiger partial charge in [0.25, 0.3) is 0 Å². The van der Waals surface area contributed by atoms with Gasteiger partial charge in [-0.2, -0.15) is 0 Å². The second-order valence-electron chi connectivity index (χ2n) is 8.57. The van der Waals surface area contributed by atoms with Crippen LogP contribution in [0, 0.1) is 16.7 Å². The van der Waals surface area contributed by atoms with Crippen LogP contribution < -0.4 is 10.3 Å². The Balaban J connectivity index is 1.80. The van der Waals surface area contributed by atoms with Crippen molar-refractivity contribution in [3.8, 4) is 0 Å². The largest absolute Gasteiger partial charge is 0.387 e. The second kappa shape index (κ2) is 8.13. The third-order valence-electron chi connectivity index (χ3n) is 5.25. The lowest BCUT2D eigenvalue weighted by Gasteiger charge is -2.19. The van der Waals surface area contributed by atoms with E-state index >= 15 is 0 Å². The van der Waals surface area contributed by atoms with Crippen molar-refractivity contribution in [2.24, 2.45) is 17.1 Å². The van der Waals surface area contributed by atoms with Gasteiger partial charge in [-0.05, 0) is 36.0 Å². The number of likely N-dealkylation sites (tertiary alicyclic amines) is 1. The number of hydrogen-bond donors (Lipinski definition) is 2. The zero-order valence-corrected chi connectivity index (χ0v) is 17.8. The highest BCUT2D eigenvalue weighted by Gasteiger charge is 2.38. The summed E-state index contributed by atoms with van der Waals surface area (Å²) in [7, 11) is 0.574. The van der Waals surface area contributed by atoms with Crippen molar-refractivity contribution in [1.82, 2.24) is 9.88 Å². The molecule has 2 N–H and O–H groups in total. The van der Waals surface area contributed by atoms with Crippen LogP contribution in [0.25, 0.3) is 5.57 Å². The van der Waals surface area contributed by atoms with E-state index in [4.69, 9.17) is 10.1 Å². The molecule has 3 rings (SSSR count). The fraction of sp³-hybridized carbons (Fsp3) is 0.579. The van der Waals surface area contributed by atoms with E-state index < -0.39 is 13.9 Å². The van der Waals surface area contributed by atoms with Gasteiger partial charge in [0.15, 0.2) is 5.82 Å². The van der Waals surface area contributed by atoms with Gasteiger partial charge in [-0.1, -0.05) is 6.08 Å². The topological polar surface area (TPSA) is 98.1 Å². The molecule has 2 unspecified atom stereocenters. The fourth-order valence-electron chi connectivity index (χ4n) is 3.78. The van der Waals surface area contributed by atoms with Crippen molar-refractivity contribution in [2.45, 2.75) is 6.42 Å². The summed E-state index contributed by atoms with van der Waals surface area (Å²) in [6, 6.07) is 3.95. The minimum atomic E-state index is -1.03. The van der Waals surface area contributed by atoms with Crippen LogP contribution in [0.1, 0.15) is 12.1 Å². The molecule has 0 spiro atoms. The van der Waals surface area contributed by atoms with Crippen molar-refractivity contribution < 1.29 is 9.90 Å². The number of aromatic nitrogens is 1. The summed E-state index contributed by atoms with van der Waals surface area (Å²) in [5.74, 6) is 0.971. The predicted molar refractivity (Wildman–Crippen MR) is 115 cm³/mol. The molecule has 1 aliphatic carbocycles. The summed E-state index contributed by atoms with van der Waals surface area (Å²) in [4.78, 5) is 29.3. The van der Waals surface area contributed by atoms with Crippen LogP contribution in [0.4, 0.5) is 11.5 Å². The molecule has 8 nitrogen and oxygen atoms in total. The molecule has 0 saturated carbocycles. The number of rotatable bonds is 7. The Kier molecular flexibility index (Phi) is 6.01. The number of nitrogens with zero attached hydrogens (tertiary/aromatic N) is 4. The first kappa shape index (κ1) is 20.7. The zero-order valence-electron chi connectivity index (χ0n) is 16.9. The van der Waals surface area contributed by atoms with Crippen LogP contribution >= 0.6 is 7.26 Å². The van der Waals surface area contributed by atoms with Crippen LogP contribution in [0.2, 0.25) is 0 Å². The van der Waals surface area contributed by atoms with Gasteiger partial charge >= 0.3 is 0 Å².